The quantitative estimate of drug-likeness (QED) is 0.306. The van der Waals surface area contributed by atoms with Gasteiger partial charge in [-0.25, -0.2) is 0 Å². The third-order valence-electron chi connectivity index (χ3n) is 8.64. The smallest absolute Gasteiger partial charge is 0.253 e. The number of carbonyl (C=O) groups is 4. The number of anilines is 1. The van der Waals surface area contributed by atoms with Crippen LogP contribution < -0.4 is 9.64 Å². The average Bonchev–Trinajstić information content (AvgIpc) is 3.25. The predicted octanol–water partition coefficient (Wildman–Crippen LogP) is 4.36. The van der Waals surface area contributed by atoms with Gasteiger partial charge in [0.25, 0.3) is 11.8 Å². The van der Waals surface area contributed by atoms with E-state index in [1.165, 1.54) is 25.1 Å². The summed E-state index contributed by atoms with van der Waals surface area (Å²) in [5.41, 5.74) is 1.30. The zero-order valence-corrected chi connectivity index (χ0v) is 24.0. The molecule has 39 heavy (non-hydrogen) atoms. The summed E-state index contributed by atoms with van der Waals surface area (Å²) in [6.07, 6.45) is 1.94. The molecule has 0 unspecified atom stereocenters. The third-order valence-corrected chi connectivity index (χ3v) is 10.6. The number of methoxy groups -OCH3 is 1. The number of aromatic hydroxyl groups is 1. The molecule has 6 atom stereocenters. The zero-order chi connectivity index (χ0) is 28.0. The fraction of sp³-hybridized carbons (Fsp3) is 0.357. The van der Waals surface area contributed by atoms with E-state index < -0.39 is 51.1 Å². The number of hydrogen-bond donors (Lipinski definition) is 1. The molecular formula is C28H23BrCl2N2O6. The van der Waals surface area contributed by atoms with E-state index >= 15 is 0 Å². The Morgan fingerprint density at radius 3 is 2.36 bits per heavy atom. The molecular weight excluding hydrogens is 611 g/mol. The molecule has 2 aromatic rings. The van der Waals surface area contributed by atoms with Gasteiger partial charge in [-0.05, 0) is 61.2 Å². The minimum atomic E-state index is -1.98. The van der Waals surface area contributed by atoms with E-state index in [-0.39, 0.29) is 30.1 Å². The lowest BCUT2D eigenvalue weighted by molar-refractivity contribution is -0.138. The maximum absolute atomic E-state index is 13.9. The van der Waals surface area contributed by atoms with E-state index in [2.05, 4.69) is 15.9 Å². The highest BCUT2D eigenvalue weighted by molar-refractivity contribution is 9.10. The van der Waals surface area contributed by atoms with Gasteiger partial charge >= 0.3 is 0 Å². The van der Waals surface area contributed by atoms with E-state index in [0.717, 1.165) is 9.37 Å². The van der Waals surface area contributed by atoms with Gasteiger partial charge in [0.2, 0.25) is 11.8 Å². The summed E-state index contributed by atoms with van der Waals surface area (Å²) in [6.45, 7) is 0. The largest absolute Gasteiger partial charge is 0.508 e. The first kappa shape index (κ1) is 26.3. The molecule has 0 bridgehead atoms. The second-order valence-corrected chi connectivity index (χ2v) is 12.6. The first-order valence-electron chi connectivity index (χ1n) is 12.4. The standard InChI is InChI=1S/C28H23BrCl2N2O6/c1-32-25(37)27(30)12-19-16(22(28(27,31)26(32)38)18-11-15(39-2)7-10-20(18)34)8-9-17-21(19)24(36)33(23(17)35)14-5-3-13(29)4-6-14/h3-8,10-11,17,19,21-22,34H,9,12H2,1-2H3/t17-,19+,21-,22+,27+,28-/m0/s1. The molecule has 4 aliphatic rings. The predicted molar refractivity (Wildman–Crippen MR) is 147 cm³/mol. The number of alkyl halides is 2. The second kappa shape index (κ2) is 8.81. The van der Waals surface area contributed by atoms with Crippen molar-refractivity contribution >= 4 is 68.4 Å². The van der Waals surface area contributed by atoms with E-state index in [0.29, 0.717) is 17.0 Å². The van der Waals surface area contributed by atoms with Gasteiger partial charge in [-0.1, -0.05) is 27.6 Å². The molecule has 0 aromatic heterocycles. The lowest BCUT2D eigenvalue weighted by Gasteiger charge is -2.50. The van der Waals surface area contributed by atoms with Crippen LogP contribution in [0.25, 0.3) is 0 Å². The van der Waals surface area contributed by atoms with Gasteiger partial charge in [0.15, 0.2) is 9.75 Å². The highest BCUT2D eigenvalue weighted by Crippen LogP contribution is 2.66. The summed E-state index contributed by atoms with van der Waals surface area (Å²) in [4.78, 5) is 52.8. The Morgan fingerprint density at radius 2 is 1.69 bits per heavy atom. The summed E-state index contributed by atoms with van der Waals surface area (Å²) in [5, 5.41) is 11.0. The van der Waals surface area contributed by atoms with Gasteiger partial charge in [-0.3, -0.25) is 29.0 Å². The van der Waals surface area contributed by atoms with Gasteiger partial charge in [0.05, 0.1) is 24.6 Å². The number of benzene rings is 2. The summed E-state index contributed by atoms with van der Waals surface area (Å²) in [7, 11) is 2.78. The summed E-state index contributed by atoms with van der Waals surface area (Å²) < 4.78 is 6.17. The Hall–Kier alpha value is -2.88. The van der Waals surface area contributed by atoms with Crippen molar-refractivity contribution in [2.45, 2.75) is 28.5 Å². The SMILES string of the molecule is COc1ccc(O)c([C@H]2C3=CC[C@@H]4C(=O)N(c5ccc(Br)cc5)C(=O)[C@@H]4[C@@H]3C[C@@]3(Cl)C(=O)N(C)C(=O)[C@@]23Cl)c1. The van der Waals surface area contributed by atoms with Gasteiger partial charge in [-0.2, -0.15) is 0 Å². The van der Waals surface area contributed by atoms with Gasteiger partial charge in [-0.15, -0.1) is 23.2 Å². The Balaban J connectivity index is 1.53. The van der Waals surface area contributed by atoms with Crippen LogP contribution in [0.4, 0.5) is 5.69 Å². The molecule has 11 heteroatoms. The number of rotatable bonds is 3. The van der Waals surface area contributed by atoms with Crippen LogP contribution in [0.5, 0.6) is 11.5 Å². The molecule has 2 aromatic carbocycles. The van der Waals surface area contributed by atoms with Gasteiger partial charge in [0.1, 0.15) is 11.5 Å². The van der Waals surface area contributed by atoms with Crippen molar-refractivity contribution in [3.63, 3.8) is 0 Å². The van der Waals surface area contributed by atoms with Gasteiger partial charge < -0.3 is 9.84 Å². The lowest BCUT2D eigenvalue weighted by Crippen LogP contribution is -2.60. The van der Waals surface area contributed by atoms with E-state index in [1.807, 2.05) is 6.08 Å². The Kier molecular flexibility index (Phi) is 5.95. The normalized spacial score (nSPS) is 33.6. The van der Waals surface area contributed by atoms with Crippen LogP contribution in [0.2, 0.25) is 0 Å². The molecule has 2 heterocycles. The number of carbonyl (C=O) groups excluding carboxylic acids is 4. The fourth-order valence-corrected chi connectivity index (χ4v) is 8.10. The van der Waals surface area contributed by atoms with Crippen molar-refractivity contribution in [1.29, 1.82) is 0 Å². The fourth-order valence-electron chi connectivity index (χ4n) is 6.82. The molecule has 2 saturated heterocycles. The van der Waals surface area contributed by atoms with Crippen LogP contribution in [0.1, 0.15) is 24.3 Å². The number of amides is 4. The van der Waals surface area contributed by atoms with Crippen LogP contribution in [-0.2, 0) is 19.2 Å². The minimum absolute atomic E-state index is 0.117. The van der Waals surface area contributed by atoms with Crippen LogP contribution in [0.3, 0.4) is 0 Å². The molecule has 6 rings (SSSR count). The number of allylic oxidation sites excluding steroid dienone is 2. The maximum atomic E-state index is 13.9. The number of likely N-dealkylation sites (tertiary alicyclic amines) is 1. The molecule has 2 aliphatic carbocycles. The van der Waals surface area contributed by atoms with Crippen molar-refractivity contribution in [3.05, 3.63) is 64.1 Å². The third kappa shape index (κ3) is 3.36. The molecule has 8 nitrogen and oxygen atoms in total. The summed E-state index contributed by atoms with van der Waals surface area (Å²) >= 11 is 17.6. The highest BCUT2D eigenvalue weighted by atomic mass is 79.9. The monoisotopic (exact) mass is 632 g/mol. The Morgan fingerprint density at radius 1 is 1.00 bits per heavy atom. The van der Waals surface area contributed by atoms with Crippen molar-refractivity contribution in [2.24, 2.45) is 17.8 Å². The Bertz CT molecular complexity index is 1500. The molecule has 2 aliphatic heterocycles. The first-order chi connectivity index (χ1) is 18.5. The topological polar surface area (TPSA) is 104 Å². The number of ether oxygens (including phenoxy) is 1. The van der Waals surface area contributed by atoms with Gasteiger partial charge in [0, 0.05) is 23.0 Å². The molecule has 3 fully saturated rings. The van der Waals surface area contributed by atoms with Crippen LogP contribution in [0, 0.1) is 17.8 Å². The zero-order valence-electron chi connectivity index (χ0n) is 20.9. The molecule has 4 amide bonds. The van der Waals surface area contributed by atoms with Crippen LogP contribution >= 0.6 is 39.1 Å². The van der Waals surface area contributed by atoms with Crippen molar-refractivity contribution in [3.8, 4) is 11.5 Å². The van der Waals surface area contributed by atoms with E-state index in [9.17, 15) is 24.3 Å². The van der Waals surface area contributed by atoms with Crippen molar-refractivity contribution < 1.29 is 29.0 Å². The number of halogens is 3. The highest BCUT2D eigenvalue weighted by Gasteiger charge is 2.76. The number of phenolic OH excluding ortho intramolecular Hbond substituents is 1. The minimum Gasteiger partial charge on any atom is -0.508 e. The molecule has 0 radical (unpaired) electrons. The average molecular weight is 634 g/mol. The maximum Gasteiger partial charge on any atom is 0.253 e. The molecule has 0 spiro atoms. The number of nitrogens with zero attached hydrogens (tertiary/aromatic N) is 2. The number of hydrogen-bond acceptors (Lipinski definition) is 6. The number of phenols is 1. The number of fused-ring (bicyclic) bond motifs is 4. The van der Waals surface area contributed by atoms with E-state index in [1.54, 1.807) is 36.4 Å². The van der Waals surface area contributed by atoms with Crippen molar-refractivity contribution in [2.75, 3.05) is 19.1 Å². The molecule has 1 N–H and O–H groups in total. The molecule has 1 saturated carbocycles. The van der Waals surface area contributed by atoms with E-state index in [4.69, 9.17) is 27.9 Å². The lowest BCUT2D eigenvalue weighted by atomic mass is 9.56. The number of imide groups is 2. The van der Waals surface area contributed by atoms with Crippen molar-refractivity contribution in [1.82, 2.24) is 4.90 Å². The molecule has 202 valence electrons. The van der Waals surface area contributed by atoms with Crippen LogP contribution in [0.15, 0.2) is 58.6 Å². The first-order valence-corrected chi connectivity index (χ1v) is 13.9. The Labute approximate surface area is 242 Å². The van der Waals surface area contributed by atoms with Crippen LogP contribution in [-0.4, -0.2) is 57.5 Å². The summed E-state index contributed by atoms with van der Waals surface area (Å²) in [6, 6.07) is 11.4. The second-order valence-electron chi connectivity index (χ2n) is 10.4. The summed E-state index contributed by atoms with van der Waals surface area (Å²) in [5.74, 6) is -5.08.